The van der Waals surface area contributed by atoms with Crippen molar-refractivity contribution < 1.29 is 14.0 Å². The summed E-state index contributed by atoms with van der Waals surface area (Å²) in [5, 5.41) is 6.08. The van der Waals surface area contributed by atoms with Gasteiger partial charge in [0.2, 0.25) is 0 Å². The molecule has 0 spiro atoms. The molecule has 2 N–H and O–H groups in total. The van der Waals surface area contributed by atoms with E-state index < -0.39 is 5.92 Å². The molecule has 1 aliphatic heterocycles. The molecule has 0 radical (unpaired) electrons. The van der Waals surface area contributed by atoms with Crippen molar-refractivity contribution in [2.45, 2.75) is 32.1 Å². The SMILES string of the molecule is CC1=C(C(=O)Nc2ccc(F)cc2)[C@H](c2ccccn2)C2=C(CCCC2=O)N1. The quantitative estimate of drug-likeness (QED) is 0.853. The first kappa shape index (κ1) is 18.1. The second-order valence-electron chi connectivity index (χ2n) is 6.98. The fourth-order valence-corrected chi connectivity index (χ4v) is 3.86. The Kier molecular flexibility index (Phi) is 4.77. The number of hydrogen-bond donors (Lipinski definition) is 2. The van der Waals surface area contributed by atoms with E-state index in [1.807, 2.05) is 19.1 Å². The number of ketones is 1. The summed E-state index contributed by atoms with van der Waals surface area (Å²) in [5.74, 6) is -1.19. The van der Waals surface area contributed by atoms with Gasteiger partial charge in [-0.3, -0.25) is 14.6 Å². The van der Waals surface area contributed by atoms with Crippen LogP contribution in [-0.2, 0) is 9.59 Å². The number of carbonyl (C=O) groups excluding carboxylic acids is 2. The van der Waals surface area contributed by atoms with E-state index in [4.69, 9.17) is 0 Å². The molecule has 0 saturated heterocycles. The normalized spacial score (nSPS) is 19.2. The number of nitrogens with zero attached hydrogens (tertiary/aromatic N) is 1. The first-order valence-corrected chi connectivity index (χ1v) is 9.26. The van der Waals surface area contributed by atoms with Gasteiger partial charge in [0.25, 0.3) is 5.91 Å². The number of allylic oxidation sites excluding steroid dienone is 3. The summed E-state index contributed by atoms with van der Waals surface area (Å²) in [6.07, 6.45) is 3.70. The largest absolute Gasteiger partial charge is 0.362 e. The van der Waals surface area contributed by atoms with E-state index in [-0.39, 0.29) is 17.5 Å². The summed E-state index contributed by atoms with van der Waals surface area (Å²) in [6, 6.07) is 11.1. The van der Waals surface area contributed by atoms with Crippen molar-refractivity contribution in [2.24, 2.45) is 0 Å². The maximum Gasteiger partial charge on any atom is 0.254 e. The van der Waals surface area contributed by atoms with Crippen LogP contribution >= 0.6 is 0 Å². The first-order valence-electron chi connectivity index (χ1n) is 9.26. The summed E-state index contributed by atoms with van der Waals surface area (Å²) in [6.45, 7) is 1.83. The second kappa shape index (κ2) is 7.38. The highest BCUT2D eigenvalue weighted by Gasteiger charge is 2.39. The minimum atomic E-state index is -0.523. The number of anilines is 1. The Bertz CT molecular complexity index is 994. The van der Waals surface area contributed by atoms with Crippen LogP contribution in [-0.4, -0.2) is 16.7 Å². The van der Waals surface area contributed by atoms with Gasteiger partial charge in [-0.2, -0.15) is 0 Å². The van der Waals surface area contributed by atoms with Crippen molar-refractivity contribution in [3.05, 3.63) is 82.7 Å². The standard InChI is InChI=1S/C22H20FN3O2/c1-13-19(22(28)26-15-10-8-14(23)9-11-15)21(16-5-2-3-12-24-16)20-17(25-13)6-4-7-18(20)27/h2-3,5,8-12,21,25H,4,6-7H2,1H3,(H,26,28)/t21-/m0/s1. The number of hydrogen-bond acceptors (Lipinski definition) is 4. The van der Waals surface area contributed by atoms with Crippen LogP contribution in [0.3, 0.4) is 0 Å². The average Bonchev–Trinajstić information content (AvgIpc) is 2.69. The van der Waals surface area contributed by atoms with Crippen LogP contribution in [0.4, 0.5) is 10.1 Å². The molecule has 1 aromatic carbocycles. The molecular formula is C22H20FN3O2. The molecule has 2 heterocycles. The van der Waals surface area contributed by atoms with Crippen molar-refractivity contribution in [3.63, 3.8) is 0 Å². The molecule has 0 saturated carbocycles. The minimum Gasteiger partial charge on any atom is -0.362 e. The summed E-state index contributed by atoms with van der Waals surface area (Å²) in [7, 11) is 0. The average molecular weight is 377 g/mol. The van der Waals surface area contributed by atoms with E-state index in [9.17, 15) is 14.0 Å². The lowest BCUT2D eigenvalue weighted by Crippen LogP contribution is -2.35. The predicted molar refractivity (Wildman–Crippen MR) is 104 cm³/mol. The molecule has 0 bridgehead atoms. The van der Waals surface area contributed by atoms with Crippen LogP contribution in [0.15, 0.2) is 71.2 Å². The monoisotopic (exact) mass is 377 g/mol. The zero-order chi connectivity index (χ0) is 19.7. The molecule has 4 rings (SSSR count). The number of aromatic nitrogens is 1. The first-order chi connectivity index (χ1) is 13.5. The molecule has 1 aliphatic carbocycles. The molecule has 1 amide bonds. The molecule has 5 nitrogen and oxygen atoms in total. The second-order valence-corrected chi connectivity index (χ2v) is 6.98. The van der Waals surface area contributed by atoms with Crippen LogP contribution in [0, 0.1) is 5.82 Å². The Hall–Kier alpha value is -3.28. The van der Waals surface area contributed by atoms with Gasteiger partial charge >= 0.3 is 0 Å². The Labute approximate surface area is 162 Å². The molecule has 28 heavy (non-hydrogen) atoms. The number of halogens is 1. The molecule has 142 valence electrons. The molecule has 2 aromatic rings. The predicted octanol–water partition coefficient (Wildman–Crippen LogP) is 3.83. The zero-order valence-corrected chi connectivity index (χ0v) is 15.5. The van der Waals surface area contributed by atoms with Crippen LogP contribution in [0.1, 0.15) is 37.8 Å². The van der Waals surface area contributed by atoms with E-state index >= 15 is 0 Å². The lowest BCUT2D eigenvalue weighted by molar-refractivity contribution is -0.116. The van der Waals surface area contributed by atoms with E-state index in [2.05, 4.69) is 15.6 Å². The molecular weight excluding hydrogens is 357 g/mol. The van der Waals surface area contributed by atoms with Crippen molar-refractivity contribution in [1.29, 1.82) is 0 Å². The van der Waals surface area contributed by atoms with Gasteiger partial charge in [-0.05, 0) is 56.2 Å². The number of pyridine rings is 1. The van der Waals surface area contributed by atoms with E-state index in [0.717, 1.165) is 18.5 Å². The Morgan fingerprint density at radius 2 is 1.96 bits per heavy atom. The summed E-state index contributed by atoms with van der Waals surface area (Å²) in [4.78, 5) is 30.4. The maximum atomic E-state index is 13.2. The number of amides is 1. The Morgan fingerprint density at radius 1 is 1.18 bits per heavy atom. The molecule has 6 heteroatoms. The van der Waals surface area contributed by atoms with E-state index in [0.29, 0.717) is 34.6 Å². The number of rotatable bonds is 3. The van der Waals surface area contributed by atoms with Gasteiger partial charge in [0, 0.05) is 40.8 Å². The molecule has 0 fully saturated rings. The van der Waals surface area contributed by atoms with Crippen molar-refractivity contribution in [3.8, 4) is 0 Å². The number of nitrogens with one attached hydrogen (secondary N) is 2. The van der Waals surface area contributed by atoms with Gasteiger partial charge in [0.05, 0.1) is 11.6 Å². The highest BCUT2D eigenvalue weighted by Crippen LogP contribution is 2.41. The van der Waals surface area contributed by atoms with Gasteiger partial charge in [-0.1, -0.05) is 6.07 Å². The van der Waals surface area contributed by atoms with Crippen LogP contribution in [0.25, 0.3) is 0 Å². The topological polar surface area (TPSA) is 71.1 Å². The van der Waals surface area contributed by atoms with Crippen molar-refractivity contribution >= 4 is 17.4 Å². The number of Topliss-reactive ketones (excluding diaryl/α,β-unsaturated/α-hetero) is 1. The van der Waals surface area contributed by atoms with Crippen molar-refractivity contribution in [1.82, 2.24) is 10.3 Å². The van der Waals surface area contributed by atoms with Gasteiger partial charge < -0.3 is 10.6 Å². The maximum absolute atomic E-state index is 13.2. The van der Waals surface area contributed by atoms with Crippen LogP contribution in [0.5, 0.6) is 0 Å². The summed E-state index contributed by atoms with van der Waals surface area (Å²) in [5.41, 5.74) is 3.81. The fourth-order valence-electron chi connectivity index (χ4n) is 3.86. The van der Waals surface area contributed by atoms with Crippen molar-refractivity contribution in [2.75, 3.05) is 5.32 Å². The number of benzene rings is 1. The summed E-state index contributed by atoms with van der Waals surface area (Å²) < 4.78 is 13.2. The minimum absolute atomic E-state index is 0.0454. The van der Waals surface area contributed by atoms with Gasteiger partial charge in [0.15, 0.2) is 5.78 Å². The van der Waals surface area contributed by atoms with Gasteiger partial charge in [0.1, 0.15) is 5.82 Å². The molecule has 2 aliphatic rings. The lowest BCUT2D eigenvalue weighted by atomic mass is 9.76. The third-order valence-electron chi connectivity index (χ3n) is 5.11. The van der Waals surface area contributed by atoms with Crippen LogP contribution < -0.4 is 10.6 Å². The number of carbonyl (C=O) groups is 2. The third-order valence-corrected chi connectivity index (χ3v) is 5.11. The smallest absolute Gasteiger partial charge is 0.254 e. The van der Waals surface area contributed by atoms with E-state index in [1.165, 1.54) is 24.3 Å². The summed E-state index contributed by atoms with van der Waals surface area (Å²) >= 11 is 0. The lowest BCUT2D eigenvalue weighted by Gasteiger charge is -2.34. The third kappa shape index (κ3) is 3.33. The zero-order valence-electron chi connectivity index (χ0n) is 15.5. The molecule has 1 atom stereocenters. The van der Waals surface area contributed by atoms with Gasteiger partial charge in [-0.25, -0.2) is 4.39 Å². The highest BCUT2D eigenvalue weighted by molar-refractivity contribution is 6.09. The molecule has 0 unspecified atom stereocenters. The number of dihydropyridines is 1. The Balaban J connectivity index is 1.76. The Morgan fingerprint density at radius 3 is 2.68 bits per heavy atom. The fraction of sp³-hybridized carbons (Fsp3) is 0.227. The van der Waals surface area contributed by atoms with Gasteiger partial charge in [-0.15, -0.1) is 0 Å². The van der Waals surface area contributed by atoms with Crippen LogP contribution in [0.2, 0.25) is 0 Å². The highest BCUT2D eigenvalue weighted by atomic mass is 19.1. The molecule has 1 aromatic heterocycles. The van der Waals surface area contributed by atoms with E-state index in [1.54, 1.807) is 12.3 Å².